The van der Waals surface area contributed by atoms with E-state index in [1.807, 2.05) is 0 Å². The number of fused-ring (bicyclic) bond motifs is 1. The number of amides is 2. The molecule has 2 aromatic rings. The lowest BCUT2D eigenvalue weighted by molar-refractivity contribution is -0.125. The lowest BCUT2D eigenvalue weighted by atomic mass is 10.1. The number of benzene rings is 2. The fourth-order valence-corrected chi connectivity index (χ4v) is 2.89. The molecule has 30 heavy (non-hydrogen) atoms. The summed E-state index contributed by atoms with van der Waals surface area (Å²) in [5.74, 6) is -1.79. The molecule has 0 spiro atoms. The van der Waals surface area contributed by atoms with Gasteiger partial charge in [0, 0.05) is 29.8 Å². The summed E-state index contributed by atoms with van der Waals surface area (Å²) in [6.45, 7) is 1.59. The topological polar surface area (TPSA) is 108 Å². The number of hydrogen-bond donors (Lipinski definition) is 3. The second kappa shape index (κ2) is 10.2. The Labute approximate surface area is 171 Å². The van der Waals surface area contributed by atoms with E-state index in [0.29, 0.717) is 16.8 Å². The van der Waals surface area contributed by atoms with Crippen LogP contribution in [-0.2, 0) is 22.7 Å². The van der Waals surface area contributed by atoms with Crippen molar-refractivity contribution in [2.75, 3.05) is 12.4 Å². The molecule has 1 aliphatic heterocycles. The Hall–Kier alpha value is -3.69. The fraction of sp³-hybridized carbons (Fsp3) is 0.250. The Morgan fingerprint density at radius 1 is 1.33 bits per heavy atom. The molecule has 0 aromatic heterocycles. The number of carbonyl (C=O) groups is 3. The maximum atomic E-state index is 14.3. The van der Waals surface area contributed by atoms with Crippen molar-refractivity contribution in [1.82, 2.24) is 10.4 Å². The number of methoxy groups -OCH3 is 1. The molecule has 8 nitrogen and oxygen atoms in total. The smallest absolute Gasteiger partial charge is 0.290 e. The van der Waals surface area contributed by atoms with E-state index < -0.39 is 17.5 Å². The third kappa shape index (κ3) is 5.02. The molecule has 0 saturated carbocycles. The van der Waals surface area contributed by atoms with E-state index in [9.17, 15) is 18.4 Å². The quantitative estimate of drug-likeness (QED) is 0.619. The highest BCUT2D eigenvalue weighted by Crippen LogP contribution is 2.30. The molecule has 0 unspecified atom stereocenters. The number of anilines is 1. The maximum absolute atomic E-state index is 14.3. The minimum atomic E-state index is -0.598. The molecule has 0 bridgehead atoms. The van der Waals surface area contributed by atoms with Crippen LogP contribution in [0.15, 0.2) is 30.3 Å². The molecule has 2 amide bonds. The molecule has 10 heteroatoms. The van der Waals surface area contributed by atoms with E-state index in [4.69, 9.17) is 14.6 Å². The molecule has 160 valence electrons. The minimum absolute atomic E-state index is 0.0778. The summed E-state index contributed by atoms with van der Waals surface area (Å²) in [5.41, 5.74) is 3.91. The van der Waals surface area contributed by atoms with Crippen LogP contribution in [-0.4, -0.2) is 35.5 Å². The van der Waals surface area contributed by atoms with Crippen molar-refractivity contribution in [3.63, 3.8) is 0 Å². The third-order valence-electron chi connectivity index (χ3n) is 4.32. The van der Waals surface area contributed by atoms with Crippen LogP contribution >= 0.6 is 0 Å². The highest BCUT2D eigenvalue weighted by atomic mass is 19.1. The number of halogens is 2. The van der Waals surface area contributed by atoms with Gasteiger partial charge < -0.3 is 15.2 Å². The molecule has 3 rings (SSSR count). The average Bonchev–Trinajstić information content (AvgIpc) is 3.03. The molecule has 0 atom stereocenters. The van der Waals surface area contributed by atoms with Crippen LogP contribution in [0, 0.1) is 11.6 Å². The Balaban J connectivity index is 0.00000101. The Kier molecular flexibility index (Phi) is 7.68. The summed E-state index contributed by atoms with van der Waals surface area (Å²) in [5, 5.41) is 11.0. The van der Waals surface area contributed by atoms with Gasteiger partial charge in [0.2, 0.25) is 5.91 Å². The van der Waals surface area contributed by atoms with Gasteiger partial charge in [-0.3, -0.25) is 19.8 Å². The Morgan fingerprint density at radius 2 is 2.03 bits per heavy atom. The summed E-state index contributed by atoms with van der Waals surface area (Å²) in [6, 6.07) is 7.12. The molecule has 0 radical (unpaired) electrons. The summed E-state index contributed by atoms with van der Waals surface area (Å²) >= 11 is 0. The molecule has 0 saturated heterocycles. The van der Waals surface area contributed by atoms with Gasteiger partial charge in [0.1, 0.15) is 5.82 Å². The highest BCUT2D eigenvalue weighted by Gasteiger charge is 2.31. The maximum Gasteiger partial charge on any atom is 0.290 e. The van der Waals surface area contributed by atoms with E-state index in [0.717, 1.165) is 11.1 Å². The molecular formula is C20H21F2N3O5. The van der Waals surface area contributed by atoms with Crippen molar-refractivity contribution in [3.05, 3.63) is 58.7 Å². The van der Waals surface area contributed by atoms with Gasteiger partial charge in [0.15, 0.2) is 11.6 Å². The Bertz CT molecular complexity index is 952. The molecule has 0 fully saturated rings. The summed E-state index contributed by atoms with van der Waals surface area (Å²) in [6.07, 6.45) is 0.217. The van der Waals surface area contributed by atoms with Crippen LogP contribution in [0.4, 0.5) is 14.5 Å². The molecule has 2 aromatic carbocycles. The van der Waals surface area contributed by atoms with E-state index in [-0.39, 0.29) is 43.2 Å². The summed E-state index contributed by atoms with van der Waals surface area (Å²) in [7, 11) is 1.37. The third-order valence-corrected chi connectivity index (χ3v) is 4.32. The number of carbonyl (C=O) groups excluding carboxylic acids is 2. The fourth-order valence-electron chi connectivity index (χ4n) is 2.89. The van der Waals surface area contributed by atoms with Gasteiger partial charge >= 0.3 is 0 Å². The van der Waals surface area contributed by atoms with Gasteiger partial charge in [-0.1, -0.05) is 19.1 Å². The van der Waals surface area contributed by atoms with Crippen LogP contribution in [0.5, 0.6) is 5.75 Å². The van der Waals surface area contributed by atoms with Crippen molar-refractivity contribution in [3.8, 4) is 5.75 Å². The number of ether oxygens (including phenoxy) is 1. The second-order valence-corrected chi connectivity index (χ2v) is 6.15. The SMILES string of the molecule is CCC(=O)NN1Cc2c(NCc3cccc(OC)c3F)cc(F)cc2C1=O.O=CO. The van der Waals surface area contributed by atoms with Crippen molar-refractivity contribution in [2.45, 2.75) is 26.4 Å². The normalized spacial score (nSPS) is 11.9. The highest BCUT2D eigenvalue weighted by molar-refractivity contribution is 6.00. The first-order valence-electron chi connectivity index (χ1n) is 8.93. The van der Waals surface area contributed by atoms with E-state index in [2.05, 4.69) is 10.7 Å². The van der Waals surface area contributed by atoms with E-state index in [1.54, 1.807) is 19.1 Å². The number of nitrogens with one attached hydrogen (secondary N) is 2. The van der Waals surface area contributed by atoms with Crippen LogP contribution in [0.3, 0.4) is 0 Å². The molecule has 3 N–H and O–H groups in total. The molecule has 1 heterocycles. The number of nitrogens with zero attached hydrogens (tertiary/aromatic N) is 1. The van der Waals surface area contributed by atoms with Gasteiger partial charge in [-0.05, 0) is 18.2 Å². The number of hydrazine groups is 1. The van der Waals surface area contributed by atoms with Crippen molar-refractivity contribution < 1.29 is 33.0 Å². The average molecular weight is 421 g/mol. The van der Waals surface area contributed by atoms with Crippen LogP contribution in [0.1, 0.15) is 34.8 Å². The number of hydrogen-bond acceptors (Lipinski definition) is 5. The van der Waals surface area contributed by atoms with Crippen molar-refractivity contribution >= 4 is 24.0 Å². The molecule has 1 aliphatic rings. The summed E-state index contributed by atoms with van der Waals surface area (Å²) in [4.78, 5) is 32.3. The number of rotatable bonds is 6. The van der Waals surface area contributed by atoms with Gasteiger partial charge in [-0.2, -0.15) is 0 Å². The zero-order chi connectivity index (χ0) is 22.3. The predicted octanol–water partition coefficient (Wildman–Crippen LogP) is 2.68. The van der Waals surface area contributed by atoms with E-state index >= 15 is 0 Å². The minimum Gasteiger partial charge on any atom is -0.494 e. The lowest BCUT2D eigenvalue weighted by Gasteiger charge is -2.16. The first-order valence-corrected chi connectivity index (χ1v) is 8.93. The summed E-state index contributed by atoms with van der Waals surface area (Å²) < 4.78 is 33.2. The zero-order valence-corrected chi connectivity index (χ0v) is 16.4. The van der Waals surface area contributed by atoms with Gasteiger partial charge in [-0.15, -0.1) is 0 Å². The van der Waals surface area contributed by atoms with E-state index in [1.165, 1.54) is 19.2 Å². The zero-order valence-electron chi connectivity index (χ0n) is 16.4. The van der Waals surface area contributed by atoms with Crippen LogP contribution < -0.4 is 15.5 Å². The molecule has 0 aliphatic carbocycles. The largest absolute Gasteiger partial charge is 0.494 e. The van der Waals surface area contributed by atoms with Crippen LogP contribution in [0.25, 0.3) is 0 Å². The first kappa shape index (κ1) is 22.6. The van der Waals surface area contributed by atoms with Crippen LogP contribution in [0.2, 0.25) is 0 Å². The van der Waals surface area contributed by atoms with Gasteiger partial charge in [0.25, 0.3) is 12.4 Å². The first-order chi connectivity index (χ1) is 14.4. The van der Waals surface area contributed by atoms with Crippen molar-refractivity contribution in [2.24, 2.45) is 0 Å². The monoisotopic (exact) mass is 421 g/mol. The predicted molar refractivity (Wildman–Crippen MR) is 104 cm³/mol. The standard InChI is InChI=1S/C19H19F2N3O3.CH2O2/c1-3-17(25)23-24-10-14-13(19(24)26)7-12(20)8-15(14)22-9-11-5-4-6-16(27-2)18(11)21;2-1-3/h4-8,22H,3,9-10H2,1-2H3,(H,23,25);1H,(H,2,3). The number of carboxylic acid groups (broad SMARTS) is 1. The van der Waals surface area contributed by atoms with Gasteiger partial charge in [0.05, 0.1) is 19.2 Å². The lowest BCUT2D eigenvalue weighted by Crippen LogP contribution is -2.41. The second-order valence-electron chi connectivity index (χ2n) is 6.15. The van der Waals surface area contributed by atoms with Gasteiger partial charge in [-0.25, -0.2) is 13.8 Å². The molecular weight excluding hydrogens is 400 g/mol. The van der Waals surface area contributed by atoms with Crippen molar-refractivity contribution in [1.29, 1.82) is 0 Å². The Morgan fingerprint density at radius 3 is 2.67 bits per heavy atom.